The lowest BCUT2D eigenvalue weighted by molar-refractivity contribution is -0.146. The number of dihydropyridines is 1. The van der Waals surface area contributed by atoms with Crippen molar-refractivity contribution < 1.29 is 18.7 Å². The summed E-state index contributed by atoms with van der Waals surface area (Å²) in [5.41, 5.74) is 3.01. The third-order valence-corrected chi connectivity index (χ3v) is 6.47. The van der Waals surface area contributed by atoms with Gasteiger partial charge < -0.3 is 10.1 Å². The minimum absolute atomic E-state index is 0.0125. The molecule has 1 heterocycles. The van der Waals surface area contributed by atoms with Crippen molar-refractivity contribution in [2.45, 2.75) is 77.7 Å². The number of benzene rings is 1. The fourth-order valence-corrected chi connectivity index (χ4v) is 5.12. The van der Waals surface area contributed by atoms with Crippen LogP contribution < -0.4 is 5.32 Å². The monoisotopic (exact) mass is 411 g/mol. The quantitative estimate of drug-likeness (QED) is 0.685. The van der Waals surface area contributed by atoms with Crippen LogP contribution in [0.5, 0.6) is 0 Å². The van der Waals surface area contributed by atoms with Gasteiger partial charge in [0.05, 0.1) is 5.57 Å². The van der Waals surface area contributed by atoms with E-state index in [1.54, 1.807) is 12.1 Å². The number of ether oxygens (including phenoxy) is 1. The molecule has 0 bridgehead atoms. The fraction of sp³-hybridized carbons (Fsp3) is 0.520. The minimum Gasteiger partial charge on any atom is -0.459 e. The Balaban J connectivity index is 1.76. The molecule has 0 amide bonds. The Morgan fingerprint density at radius 3 is 2.60 bits per heavy atom. The zero-order chi connectivity index (χ0) is 21.5. The SMILES string of the molecule is CC1=C(C(=O)OC2CCCCC2)[C@@H](c2cccc(F)c2)C2=C(CC(C)(C)CC2=O)N1. The van der Waals surface area contributed by atoms with Gasteiger partial charge in [0.25, 0.3) is 0 Å². The zero-order valence-corrected chi connectivity index (χ0v) is 18.0. The maximum atomic E-state index is 14.1. The van der Waals surface area contributed by atoms with Crippen molar-refractivity contribution >= 4 is 11.8 Å². The number of carbonyl (C=O) groups excluding carboxylic acids is 2. The highest BCUT2D eigenvalue weighted by Gasteiger charge is 2.43. The summed E-state index contributed by atoms with van der Waals surface area (Å²) < 4.78 is 20.0. The molecule has 0 radical (unpaired) electrons. The minimum atomic E-state index is -0.600. The summed E-state index contributed by atoms with van der Waals surface area (Å²) >= 11 is 0. The molecule has 2 aliphatic carbocycles. The van der Waals surface area contributed by atoms with E-state index >= 15 is 0 Å². The second-order valence-corrected chi connectivity index (χ2v) is 9.65. The average molecular weight is 412 g/mol. The predicted octanol–water partition coefficient (Wildman–Crippen LogP) is 5.31. The highest BCUT2D eigenvalue weighted by molar-refractivity contribution is 6.04. The lowest BCUT2D eigenvalue weighted by atomic mass is 9.68. The molecular weight excluding hydrogens is 381 g/mol. The van der Waals surface area contributed by atoms with E-state index in [2.05, 4.69) is 19.2 Å². The highest BCUT2D eigenvalue weighted by Crippen LogP contribution is 2.47. The van der Waals surface area contributed by atoms with Gasteiger partial charge in [0, 0.05) is 29.3 Å². The Morgan fingerprint density at radius 1 is 1.17 bits per heavy atom. The van der Waals surface area contributed by atoms with E-state index in [1.807, 2.05) is 6.92 Å². The van der Waals surface area contributed by atoms with E-state index in [1.165, 1.54) is 18.6 Å². The maximum absolute atomic E-state index is 14.1. The van der Waals surface area contributed by atoms with Crippen LogP contribution in [0.3, 0.4) is 0 Å². The van der Waals surface area contributed by atoms with Crippen molar-refractivity contribution in [3.05, 3.63) is 58.2 Å². The molecule has 0 spiro atoms. The maximum Gasteiger partial charge on any atom is 0.337 e. The van der Waals surface area contributed by atoms with Crippen molar-refractivity contribution in [2.24, 2.45) is 5.41 Å². The van der Waals surface area contributed by atoms with E-state index in [4.69, 9.17) is 4.74 Å². The van der Waals surface area contributed by atoms with Crippen LogP contribution in [0, 0.1) is 11.2 Å². The molecule has 1 aliphatic heterocycles. The normalized spacial score (nSPS) is 24.4. The number of carbonyl (C=O) groups is 2. The van der Waals surface area contributed by atoms with Crippen molar-refractivity contribution in [1.29, 1.82) is 0 Å². The van der Waals surface area contributed by atoms with Gasteiger partial charge in [-0.15, -0.1) is 0 Å². The Bertz CT molecular complexity index is 937. The summed E-state index contributed by atoms with van der Waals surface area (Å²) in [4.78, 5) is 26.5. The number of nitrogens with one attached hydrogen (secondary N) is 1. The molecule has 30 heavy (non-hydrogen) atoms. The van der Waals surface area contributed by atoms with E-state index < -0.39 is 11.9 Å². The molecule has 0 unspecified atom stereocenters. The Kier molecular flexibility index (Phi) is 5.56. The smallest absolute Gasteiger partial charge is 0.337 e. The number of allylic oxidation sites excluding steroid dienone is 3. The Hall–Kier alpha value is -2.43. The molecular formula is C25H30FNO3. The summed E-state index contributed by atoms with van der Waals surface area (Å²) in [6.07, 6.45) is 6.06. The van der Waals surface area contributed by atoms with Gasteiger partial charge in [0.2, 0.25) is 0 Å². The molecule has 1 aromatic carbocycles. The first kappa shape index (κ1) is 20.8. The van der Waals surface area contributed by atoms with Crippen LogP contribution in [0.4, 0.5) is 4.39 Å². The second-order valence-electron chi connectivity index (χ2n) is 9.65. The molecule has 4 nitrogen and oxygen atoms in total. The van der Waals surface area contributed by atoms with Crippen LogP contribution in [0.15, 0.2) is 46.8 Å². The topological polar surface area (TPSA) is 55.4 Å². The summed E-state index contributed by atoms with van der Waals surface area (Å²) in [7, 11) is 0. The second kappa shape index (κ2) is 8.01. The lowest BCUT2D eigenvalue weighted by Crippen LogP contribution is -2.39. The number of rotatable bonds is 3. The largest absolute Gasteiger partial charge is 0.459 e. The van der Waals surface area contributed by atoms with E-state index in [9.17, 15) is 14.0 Å². The molecule has 0 saturated heterocycles. The van der Waals surface area contributed by atoms with E-state index in [0.717, 1.165) is 31.4 Å². The van der Waals surface area contributed by atoms with Crippen molar-refractivity contribution in [3.63, 3.8) is 0 Å². The molecule has 1 aromatic rings. The first-order chi connectivity index (χ1) is 14.2. The highest BCUT2D eigenvalue weighted by atomic mass is 19.1. The van der Waals surface area contributed by atoms with Crippen molar-refractivity contribution in [2.75, 3.05) is 0 Å². The molecule has 3 aliphatic rings. The van der Waals surface area contributed by atoms with Crippen molar-refractivity contribution in [1.82, 2.24) is 5.32 Å². The van der Waals surface area contributed by atoms with Crippen LogP contribution in [0.25, 0.3) is 0 Å². The van der Waals surface area contributed by atoms with Gasteiger partial charge in [-0.2, -0.15) is 0 Å². The van der Waals surface area contributed by atoms with Crippen LogP contribution >= 0.6 is 0 Å². The third-order valence-electron chi connectivity index (χ3n) is 6.47. The van der Waals surface area contributed by atoms with Gasteiger partial charge in [-0.25, -0.2) is 9.18 Å². The van der Waals surface area contributed by atoms with Gasteiger partial charge in [0.15, 0.2) is 5.78 Å². The van der Waals surface area contributed by atoms with E-state index in [-0.39, 0.29) is 23.1 Å². The fourth-order valence-electron chi connectivity index (χ4n) is 5.12. The number of hydrogen-bond donors (Lipinski definition) is 1. The summed E-state index contributed by atoms with van der Waals surface area (Å²) in [6, 6.07) is 6.22. The predicted molar refractivity (Wildman–Crippen MR) is 113 cm³/mol. The van der Waals surface area contributed by atoms with Crippen LogP contribution in [-0.4, -0.2) is 17.9 Å². The van der Waals surface area contributed by atoms with Crippen LogP contribution in [0.2, 0.25) is 0 Å². The number of esters is 1. The van der Waals surface area contributed by atoms with Gasteiger partial charge in [0.1, 0.15) is 11.9 Å². The standard InChI is InChI=1S/C25H30FNO3/c1-15-21(24(29)30-18-10-5-4-6-11-18)22(16-8-7-9-17(26)12-16)23-19(27-15)13-25(2,3)14-20(23)28/h7-9,12,18,22,27H,4-6,10-11,13-14H2,1-3H3/t22-/m1/s1. The molecule has 1 fully saturated rings. The van der Waals surface area contributed by atoms with Crippen molar-refractivity contribution in [3.8, 4) is 0 Å². The summed E-state index contributed by atoms with van der Waals surface area (Å²) in [5, 5.41) is 3.33. The summed E-state index contributed by atoms with van der Waals surface area (Å²) in [6.45, 7) is 5.98. The molecule has 5 heteroatoms. The molecule has 1 saturated carbocycles. The first-order valence-electron chi connectivity index (χ1n) is 11.0. The molecule has 1 atom stereocenters. The zero-order valence-electron chi connectivity index (χ0n) is 18.0. The van der Waals surface area contributed by atoms with Gasteiger partial charge >= 0.3 is 5.97 Å². The Labute approximate surface area is 177 Å². The Morgan fingerprint density at radius 2 is 1.90 bits per heavy atom. The molecule has 4 rings (SSSR count). The average Bonchev–Trinajstić information content (AvgIpc) is 2.66. The van der Waals surface area contributed by atoms with Gasteiger partial charge in [-0.05, 0) is 62.1 Å². The molecule has 1 N–H and O–H groups in total. The molecule has 160 valence electrons. The van der Waals surface area contributed by atoms with Crippen LogP contribution in [0.1, 0.15) is 77.2 Å². The first-order valence-corrected chi connectivity index (χ1v) is 11.0. The number of ketones is 1. The molecule has 0 aromatic heterocycles. The number of hydrogen-bond acceptors (Lipinski definition) is 4. The van der Waals surface area contributed by atoms with E-state index in [0.29, 0.717) is 35.2 Å². The van der Waals surface area contributed by atoms with Gasteiger partial charge in [-0.3, -0.25) is 4.79 Å². The number of halogens is 1. The van der Waals surface area contributed by atoms with Crippen LogP contribution in [-0.2, 0) is 14.3 Å². The van der Waals surface area contributed by atoms with Gasteiger partial charge in [-0.1, -0.05) is 32.4 Å². The lowest BCUT2D eigenvalue weighted by Gasteiger charge is -2.39. The summed E-state index contributed by atoms with van der Waals surface area (Å²) in [5.74, 6) is -1.37. The third kappa shape index (κ3) is 4.07. The number of Topliss-reactive ketones (excluding diaryl/α,β-unsaturated/α-hetero) is 1.